The van der Waals surface area contributed by atoms with Crippen molar-refractivity contribution in [2.24, 2.45) is 0 Å². The van der Waals surface area contributed by atoms with Crippen LogP contribution in [0.15, 0.2) is 170 Å². The van der Waals surface area contributed by atoms with Crippen LogP contribution in [0.5, 0.6) is 0 Å². The van der Waals surface area contributed by atoms with Crippen molar-refractivity contribution in [1.29, 1.82) is 0 Å². The first-order chi connectivity index (χ1) is 21.7. The molecule has 0 fully saturated rings. The molecule has 212 valence electrons. The summed E-state index contributed by atoms with van der Waals surface area (Å²) in [6, 6.07) is 57.5. The number of hydrogen-bond acceptors (Lipinski definition) is 1. The lowest BCUT2D eigenvalue weighted by Gasteiger charge is -2.34. The maximum absolute atomic E-state index is 4.95. The molecule has 0 bridgehead atoms. The van der Waals surface area contributed by atoms with Gasteiger partial charge in [-0.3, -0.25) is 4.57 Å². The van der Waals surface area contributed by atoms with E-state index in [2.05, 4.69) is 182 Å². The molecule has 0 saturated heterocycles. The molecule has 6 aromatic carbocycles. The van der Waals surface area contributed by atoms with Gasteiger partial charge in [0.15, 0.2) is 8.07 Å². The van der Waals surface area contributed by atoms with E-state index in [4.69, 9.17) is 4.98 Å². The van der Waals surface area contributed by atoms with Gasteiger partial charge in [0.2, 0.25) is 0 Å². The Morgan fingerprint density at radius 3 is 1.43 bits per heavy atom. The highest BCUT2D eigenvalue weighted by Crippen LogP contribution is 2.30. The van der Waals surface area contributed by atoms with Gasteiger partial charge in [-0.1, -0.05) is 146 Å². The van der Waals surface area contributed by atoms with Gasteiger partial charge in [0.1, 0.15) is 5.82 Å². The molecule has 0 aliphatic heterocycles. The zero-order chi connectivity index (χ0) is 29.9. The molecule has 0 aliphatic carbocycles. The molecule has 0 amide bonds. The highest BCUT2D eigenvalue weighted by atomic mass is 28.3. The van der Waals surface area contributed by atoms with Crippen molar-refractivity contribution in [2.45, 2.75) is 13.8 Å². The molecular weight excluding hydrogens is 549 g/mol. The fraction of sp³-hybridized carbons (Fsp3) is 0.0488. The molecule has 0 atom stereocenters. The Morgan fingerprint density at radius 1 is 0.455 bits per heavy atom. The number of imidazole rings is 1. The van der Waals surface area contributed by atoms with E-state index in [1.54, 1.807) is 0 Å². The van der Waals surface area contributed by atoms with E-state index in [-0.39, 0.29) is 0 Å². The minimum Gasteiger partial charge on any atom is -0.299 e. The van der Waals surface area contributed by atoms with Crippen molar-refractivity contribution in [3.8, 4) is 28.2 Å². The molecule has 0 radical (unpaired) electrons. The Labute approximate surface area is 261 Å². The normalized spacial score (nSPS) is 11.4. The highest BCUT2D eigenvalue weighted by molar-refractivity contribution is 7.19. The van der Waals surface area contributed by atoms with E-state index in [9.17, 15) is 0 Å². The highest BCUT2D eigenvalue weighted by Gasteiger charge is 2.41. The van der Waals surface area contributed by atoms with E-state index in [1.807, 2.05) is 6.20 Å². The van der Waals surface area contributed by atoms with E-state index in [0.29, 0.717) is 0 Å². The topological polar surface area (TPSA) is 17.8 Å². The largest absolute Gasteiger partial charge is 0.299 e. The average molecular weight is 583 g/mol. The molecule has 44 heavy (non-hydrogen) atoms. The van der Waals surface area contributed by atoms with E-state index in [0.717, 1.165) is 11.4 Å². The summed E-state index contributed by atoms with van der Waals surface area (Å²) in [7, 11) is -2.64. The number of nitrogens with zero attached hydrogens (tertiary/aromatic N) is 2. The molecule has 0 saturated carbocycles. The summed E-state index contributed by atoms with van der Waals surface area (Å²) in [5, 5.41) is 5.42. The molecule has 1 heterocycles. The molecule has 7 rings (SSSR count). The minimum absolute atomic E-state index is 0.947. The van der Waals surface area contributed by atoms with Crippen LogP contribution in [-0.4, -0.2) is 17.6 Å². The third kappa shape index (κ3) is 4.82. The van der Waals surface area contributed by atoms with E-state index >= 15 is 0 Å². The number of aromatic nitrogens is 2. The lowest BCUT2D eigenvalue weighted by atomic mass is 9.98. The van der Waals surface area contributed by atoms with Crippen LogP contribution in [-0.2, 0) is 0 Å². The molecule has 0 unspecified atom stereocenters. The Bertz CT molecular complexity index is 1890. The standard InChI is InChI=1S/C41H34N2Si/c1-31-28-35(33-16-7-3-8-17-33)29-32(2)40(31)43-27-26-42-41(43)34-18-15-25-39(30-34)44(36-19-9-4-10-20-36,37-21-11-5-12-22-37)38-23-13-6-14-24-38/h3-30H,1-2H3. The van der Waals surface area contributed by atoms with Gasteiger partial charge in [-0.05, 0) is 69.0 Å². The van der Waals surface area contributed by atoms with Crippen molar-refractivity contribution in [1.82, 2.24) is 9.55 Å². The molecular formula is C41H34N2Si. The summed E-state index contributed by atoms with van der Waals surface area (Å²) in [5.74, 6) is 0.947. The first kappa shape index (κ1) is 27.6. The van der Waals surface area contributed by atoms with Crippen LogP contribution >= 0.6 is 0 Å². The lowest BCUT2D eigenvalue weighted by Crippen LogP contribution is -2.74. The predicted octanol–water partition coefficient (Wildman–Crippen LogP) is 7.20. The molecule has 2 nitrogen and oxygen atoms in total. The third-order valence-corrected chi connectivity index (χ3v) is 13.4. The molecule has 7 aromatic rings. The summed E-state index contributed by atoms with van der Waals surface area (Å²) in [6.07, 6.45) is 4.01. The van der Waals surface area contributed by atoms with Gasteiger partial charge in [-0.15, -0.1) is 0 Å². The summed E-state index contributed by atoms with van der Waals surface area (Å²) in [6.45, 7) is 4.40. The van der Waals surface area contributed by atoms with Crippen LogP contribution < -0.4 is 20.7 Å². The Morgan fingerprint density at radius 2 is 0.909 bits per heavy atom. The minimum atomic E-state index is -2.64. The van der Waals surface area contributed by atoms with Gasteiger partial charge >= 0.3 is 0 Å². The smallest absolute Gasteiger partial charge is 0.179 e. The van der Waals surface area contributed by atoms with Gasteiger partial charge in [0.05, 0.1) is 5.69 Å². The molecule has 1 aromatic heterocycles. The Kier molecular flexibility index (Phi) is 7.39. The zero-order valence-electron chi connectivity index (χ0n) is 25.1. The number of rotatable bonds is 7. The quantitative estimate of drug-likeness (QED) is 0.144. The number of aryl methyl sites for hydroxylation is 2. The predicted molar refractivity (Wildman–Crippen MR) is 188 cm³/mol. The maximum Gasteiger partial charge on any atom is 0.179 e. The van der Waals surface area contributed by atoms with Gasteiger partial charge in [-0.2, -0.15) is 0 Å². The first-order valence-electron chi connectivity index (χ1n) is 15.1. The average Bonchev–Trinajstić information content (AvgIpc) is 3.56. The van der Waals surface area contributed by atoms with Crippen molar-refractivity contribution in [2.75, 3.05) is 0 Å². The molecule has 0 N–H and O–H groups in total. The third-order valence-electron chi connectivity index (χ3n) is 8.65. The van der Waals surface area contributed by atoms with Gasteiger partial charge in [0, 0.05) is 18.0 Å². The summed E-state index contributed by atoms with van der Waals surface area (Å²) < 4.78 is 2.26. The van der Waals surface area contributed by atoms with Crippen molar-refractivity contribution < 1.29 is 0 Å². The maximum atomic E-state index is 4.95. The molecule has 0 aliphatic rings. The molecule has 0 spiro atoms. The fourth-order valence-electron chi connectivity index (χ4n) is 6.79. The Hall–Kier alpha value is -5.25. The first-order valence-corrected chi connectivity index (χ1v) is 17.1. The Balaban J connectivity index is 1.42. The second-order valence-electron chi connectivity index (χ2n) is 11.4. The second-order valence-corrected chi connectivity index (χ2v) is 15.2. The van der Waals surface area contributed by atoms with Crippen molar-refractivity contribution in [3.05, 3.63) is 181 Å². The van der Waals surface area contributed by atoms with Crippen LogP contribution in [0.4, 0.5) is 0 Å². The van der Waals surface area contributed by atoms with Gasteiger partial charge in [-0.25, -0.2) is 4.98 Å². The van der Waals surface area contributed by atoms with Crippen molar-refractivity contribution >= 4 is 28.8 Å². The van der Waals surface area contributed by atoms with Crippen LogP contribution in [0.2, 0.25) is 0 Å². The summed E-state index contributed by atoms with van der Waals surface area (Å²) >= 11 is 0. The molecule has 3 heteroatoms. The second kappa shape index (κ2) is 11.8. The SMILES string of the molecule is Cc1cc(-c2ccccc2)cc(C)c1-n1ccnc1-c1cccc([Si](c2ccccc2)(c2ccccc2)c2ccccc2)c1. The zero-order valence-corrected chi connectivity index (χ0v) is 26.1. The van der Waals surface area contributed by atoms with Gasteiger partial charge in [0.25, 0.3) is 0 Å². The van der Waals surface area contributed by atoms with E-state index < -0.39 is 8.07 Å². The van der Waals surface area contributed by atoms with Crippen molar-refractivity contribution in [3.63, 3.8) is 0 Å². The van der Waals surface area contributed by atoms with Crippen LogP contribution in [0, 0.1) is 13.8 Å². The number of hydrogen-bond donors (Lipinski definition) is 0. The lowest BCUT2D eigenvalue weighted by molar-refractivity contribution is 1.03. The van der Waals surface area contributed by atoms with Crippen LogP contribution in [0.25, 0.3) is 28.2 Å². The summed E-state index contributed by atoms with van der Waals surface area (Å²) in [5.41, 5.74) is 7.20. The number of benzene rings is 6. The fourth-order valence-corrected chi connectivity index (χ4v) is 11.6. The summed E-state index contributed by atoms with van der Waals surface area (Å²) in [4.78, 5) is 4.95. The van der Waals surface area contributed by atoms with Crippen LogP contribution in [0.3, 0.4) is 0 Å². The van der Waals surface area contributed by atoms with E-state index in [1.165, 1.54) is 48.7 Å². The van der Waals surface area contributed by atoms with Crippen LogP contribution in [0.1, 0.15) is 11.1 Å². The monoisotopic (exact) mass is 582 g/mol. The van der Waals surface area contributed by atoms with Gasteiger partial charge < -0.3 is 0 Å².